The molecule has 146 valence electrons. The molecule has 0 radical (unpaired) electrons. The number of imidazole rings is 1. The van der Waals surface area contributed by atoms with E-state index < -0.39 is 11.7 Å². The van der Waals surface area contributed by atoms with Crippen LogP contribution in [-0.2, 0) is 23.1 Å². The van der Waals surface area contributed by atoms with Crippen molar-refractivity contribution in [2.75, 3.05) is 18.2 Å². The number of ether oxygens (including phenoxy) is 1. The lowest BCUT2D eigenvalue weighted by Crippen LogP contribution is -2.40. The molecule has 10 nitrogen and oxygen atoms in total. The lowest BCUT2D eigenvalue weighted by atomic mass is 10.2. The molecule has 10 heteroatoms. The summed E-state index contributed by atoms with van der Waals surface area (Å²) in [4.78, 5) is 42.0. The molecule has 0 fully saturated rings. The quantitative estimate of drug-likeness (QED) is 0.709. The summed E-state index contributed by atoms with van der Waals surface area (Å²) in [5.74, 6) is -0.100. The molecular formula is C17H24N6O4. The summed E-state index contributed by atoms with van der Waals surface area (Å²) in [6, 6.07) is -0.233. The third-order valence-electron chi connectivity index (χ3n) is 4.69. The fraction of sp³-hybridized carbons (Fsp3) is 0.588. The van der Waals surface area contributed by atoms with Crippen LogP contribution in [0.1, 0.15) is 40.2 Å². The molecular weight excluding hydrogens is 352 g/mol. The van der Waals surface area contributed by atoms with E-state index in [1.807, 2.05) is 20.8 Å². The highest BCUT2D eigenvalue weighted by Gasteiger charge is 2.31. The second kappa shape index (κ2) is 7.01. The average molecular weight is 376 g/mol. The standard InChI is InChI=1S/C17H24N6O4/c1-6-8-21-15(25)13-14(20(5)17(21)26)18-16-22(9-12(24)27-7-2)19-10(3)11(4)23(13)16/h11H,6-9H2,1-5H3/t11-/m1/s1. The van der Waals surface area contributed by atoms with Crippen molar-refractivity contribution >= 4 is 28.8 Å². The predicted molar refractivity (Wildman–Crippen MR) is 101 cm³/mol. The highest BCUT2D eigenvalue weighted by molar-refractivity contribution is 5.92. The summed E-state index contributed by atoms with van der Waals surface area (Å²) in [7, 11) is 1.59. The lowest BCUT2D eigenvalue weighted by molar-refractivity contribution is -0.141. The molecule has 0 bridgehead atoms. The van der Waals surface area contributed by atoms with E-state index in [0.717, 1.165) is 5.71 Å². The number of fused-ring (bicyclic) bond motifs is 3. The Hall–Kier alpha value is -2.91. The van der Waals surface area contributed by atoms with Crippen LogP contribution in [0.4, 0.5) is 5.95 Å². The summed E-state index contributed by atoms with van der Waals surface area (Å²) in [6.07, 6.45) is 0.659. The van der Waals surface area contributed by atoms with Gasteiger partial charge in [-0.3, -0.25) is 23.3 Å². The summed E-state index contributed by atoms with van der Waals surface area (Å²) in [5, 5.41) is 5.85. The average Bonchev–Trinajstić information content (AvgIpc) is 3.03. The first-order valence-corrected chi connectivity index (χ1v) is 9.01. The number of hydrazone groups is 1. The smallest absolute Gasteiger partial charge is 0.332 e. The third-order valence-corrected chi connectivity index (χ3v) is 4.69. The highest BCUT2D eigenvalue weighted by atomic mass is 16.5. The molecule has 0 saturated carbocycles. The van der Waals surface area contributed by atoms with E-state index in [4.69, 9.17) is 4.74 Å². The fourth-order valence-corrected chi connectivity index (χ4v) is 3.24. The van der Waals surface area contributed by atoms with Crippen molar-refractivity contribution in [2.24, 2.45) is 12.1 Å². The van der Waals surface area contributed by atoms with Crippen molar-refractivity contribution in [3.63, 3.8) is 0 Å². The van der Waals surface area contributed by atoms with Crippen molar-refractivity contribution in [1.82, 2.24) is 18.7 Å². The van der Waals surface area contributed by atoms with Gasteiger partial charge in [-0.1, -0.05) is 6.92 Å². The largest absolute Gasteiger partial charge is 0.465 e. The van der Waals surface area contributed by atoms with E-state index in [0.29, 0.717) is 24.4 Å². The van der Waals surface area contributed by atoms with Gasteiger partial charge in [0.1, 0.15) is 6.54 Å². The molecule has 1 atom stereocenters. The maximum absolute atomic E-state index is 13.0. The molecule has 0 N–H and O–H groups in total. The second-order valence-electron chi connectivity index (χ2n) is 6.53. The number of carbonyl (C=O) groups is 1. The minimum Gasteiger partial charge on any atom is -0.465 e. The number of nitrogens with zero attached hydrogens (tertiary/aromatic N) is 6. The van der Waals surface area contributed by atoms with Gasteiger partial charge in [-0.2, -0.15) is 10.1 Å². The van der Waals surface area contributed by atoms with E-state index in [2.05, 4.69) is 10.1 Å². The number of esters is 1. The number of hydrogen-bond acceptors (Lipinski definition) is 7. The zero-order valence-electron chi connectivity index (χ0n) is 16.2. The van der Waals surface area contributed by atoms with Crippen LogP contribution in [0.5, 0.6) is 0 Å². The summed E-state index contributed by atoms with van der Waals surface area (Å²) in [5.41, 5.74) is 0.536. The summed E-state index contributed by atoms with van der Waals surface area (Å²) < 4.78 is 9.33. The molecule has 0 aliphatic carbocycles. The van der Waals surface area contributed by atoms with E-state index >= 15 is 0 Å². The second-order valence-corrected chi connectivity index (χ2v) is 6.53. The molecule has 3 heterocycles. The van der Waals surface area contributed by atoms with E-state index in [1.54, 1.807) is 18.5 Å². The minimum absolute atomic E-state index is 0.127. The molecule has 27 heavy (non-hydrogen) atoms. The Morgan fingerprint density at radius 2 is 1.96 bits per heavy atom. The molecule has 0 aromatic carbocycles. The first kappa shape index (κ1) is 18.9. The number of hydrogen-bond donors (Lipinski definition) is 0. The predicted octanol–water partition coefficient (Wildman–Crippen LogP) is 0.627. The van der Waals surface area contributed by atoms with Crippen molar-refractivity contribution in [3.8, 4) is 0 Å². The Labute approximate surface area is 155 Å². The van der Waals surface area contributed by atoms with Gasteiger partial charge in [0.2, 0.25) is 5.95 Å². The fourth-order valence-electron chi connectivity index (χ4n) is 3.24. The van der Waals surface area contributed by atoms with Gasteiger partial charge >= 0.3 is 11.7 Å². The van der Waals surface area contributed by atoms with Gasteiger partial charge in [0.15, 0.2) is 11.2 Å². The number of anilines is 1. The number of rotatable bonds is 5. The van der Waals surface area contributed by atoms with Gasteiger partial charge in [0, 0.05) is 13.6 Å². The minimum atomic E-state index is -0.445. The zero-order chi connectivity index (χ0) is 19.9. The molecule has 0 amide bonds. The van der Waals surface area contributed by atoms with Crippen LogP contribution in [0, 0.1) is 0 Å². The number of aromatic nitrogens is 4. The molecule has 0 spiro atoms. The lowest BCUT2D eigenvalue weighted by Gasteiger charge is -2.28. The van der Waals surface area contributed by atoms with Crippen molar-refractivity contribution in [3.05, 3.63) is 20.8 Å². The molecule has 2 aromatic heterocycles. The van der Waals surface area contributed by atoms with Crippen LogP contribution < -0.4 is 16.3 Å². The van der Waals surface area contributed by atoms with Crippen molar-refractivity contribution < 1.29 is 9.53 Å². The Balaban J connectivity index is 2.28. The van der Waals surface area contributed by atoms with Crippen molar-refractivity contribution in [2.45, 2.75) is 46.7 Å². The third kappa shape index (κ3) is 2.94. The Morgan fingerprint density at radius 1 is 1.26 bits per heavy atom. The molecule has 1 aliphatic heterocycles. The van der Waals surface area contributed by atoms with Gasteiger partial charge in [0.25, 0.3) is 5.56 Å². The van der Waals surface area contributed by atoms with Gasteiger partial charge in [-0.25, -0.2) is 9.80 Å². The molecule has 2 aromatic rings. The van der Waals surface area contributed by atoms with E-state index in [1.165, 1.54) is 14.1 Å². The molecule has 1 aliphatic rings. The maximum Gasteiger partial charge on any atom is 0.332 e. The van der Waals surface area contributed by atoms with Gasteiger partial charge in [-0.15, -0.1) is 0 Å². The summed E-state index contributed by atoms with van der Waals surface area (Å²) >= 11 is 0. The first-order valence-electron chi connectivity index (χ1n) is 9.01. The van der Waals surface area contributed by atoms with Crippen LogP contribution in [-0.4, -0.2) is 43.5 Å². The van der Waals surface area contributed by atoms with Gasteiger partial charge in [-0.05, 0) is 27.2 Å². The first-order chi connectivity index (χ1) is 12.8. The monoisotopic (exact) mass is 376 g/mol. The number of aryl methyl sites for hydroxylation is 1. The summed E-state index contributed by atoms with van der Waals surface area (Å²) in [6.45, 7) is 7.82. The van der Waals surface area contributed by atoms with Crippen LogP contribution in [0.3, 0.4) is 0 Å². The topological polar surface area (TPSA) is 104 Å². The van der Waals surface area contributed by atoms with Crippen molar-refractivity contribution in [1.29, 1.82) is 0 Å². The normalized spacial score (nSPS) is 16.4. The number of carbonyl (C=O) groups excluding carboxylic acids is 1. The van der Waals surface area contributed by atoms with Crippen LogP contribution in [0.15, 0.2) is 14.7 Å². The molecule has 0 saturated heterocycles. The van der Waals surface area contributed by atoms with Crippen LogP contribution >= 0.6 is 0 Å². The van der Waals surface area contributed by atoms with E-state index in [-0.39, 0.29) is 30.4 Å². The highest BCUT2D eigenvalue weighted by Crippen LogP contribution is 2.29. The zero-order valence-corrected chi connectivity index (χ0v) is 16.2. The SMILES string of the molecule is CCCn1c(=O)c2c(nc3n2[C@H](C)C(C)=NN3CC(=O)OCC)n(C)c1=O. The Bertz CT molecular complexity index is 1040. The molecule has 0 unspecified atom stereocenters. The Morgan fingerprint density at radius 3 is 2.59 bits per heavy atom. The van der Waals surface area contributed by atoms with Gasteiger partial charge < -0.3 is 4.74 Å². The molecule has 3 rings (SSSR count). The van der Waals surface area contributed by atoms with Gasteiger partial charge in [0.05, 0.1) is 18.4 Å². The van der Waals surface area contributed by atoms with Crippen LogP contribution in [0.25, 0.3) is 11.2 Å². The maximum atomic E-state index is 13.0. The van der Waals surface area contributed by atoms with Crippen LogP contribution in [0.2, 0.25) is 0 Å². The Kier molecular flexibility index (Phi) is 4.90. The van der Waals surface area contributed by atoms with E-state index in [9.17, 15) is 14.4 Å².